The monoisotopic (exact) mass is 365 g/mol. The fourth-order valence-corrected chi connectivity index (χ4v) is 4.02. The lowest BCUT2D eigenvalue weighted by atomic mass is 9.95. The number of amides is 3. The van der Waals surface area contributed by atoms with Gasteiger partial charge in [0.25, 0.3) is 0 Å². The first-order chi connectivity index (χ1) is 12.1. The molecule has 2 fully saturated rings. The van der Waals surface area contributed by atoms with Gasteiger partial charge in [-0.15, -0.1) is 11.3 Å². The van der Waals surface area contributed by atoms with E-state index in [0.29, 0.717) is 16.9 Å². The SMILES string of the molecule is CN1CCN(C(=O)Nc2nc(CC(=O)NC3CCCCC3)cs2)CC1. The van der Waals surface area contributed by atoms with E-state index in [9.17, 15) is 9.59 Å². The highest BCUT2D eigenvalue weighted by molar-refractivity contribution is 7.13. The number of thiazole rings is 1. The Balaban J connectivity index is 1.45. The van der Waals surface area contributed by atoms with Crippen LogP contribution in [0.2, 0.25) is 0 Å². The molecule has 0 bridgehead atoms. The lowest BCUT2D eigenvalue weighted by Crippen LogP contribution is -2.48. The van der Waals surface area contributed by atoms with Crippen molar-refractivity contribution in [1.82, 2.24) is 20.1 Å². The minimum absolute atomic E-state index is 0.0224. The molecule has 2 N–H and O–H groups in total. The van der Waals surface area contributed by atoms with Gasteiger partial charge in [0.1, 0.15) is 0 Å². The van der Waals surface area contributed by atoms with Crippen LogP contribution >= 0.6 is 11.3 Å². The van der Waals surface area contributed by atoms with Crippen molar-refractivity contribution in [3.8, 4) is 0 Å². The molecule has 0 spiro atoms. The predicted octanol–water partition coefficient (Wildman–Crippen LogP) is 1.91. The van der Waals surface area contributed by atoms with Crippen molar-refractivity contribution in [3.05, 3.63) is 11.1 Å². The van der Waals surface area contributed by atoms with Crippen molar-refractivity contribution in [1.29, 1.82) is 0 Å². The van der Waals surface area contributed by atoms with E-state index in [4.69, 9.17) is 0 Å². The number of rotatable bonds is 4. The molecule has 8 heteroatoms. The van der Waals surface area contributed by atoms with Crippen LogP contribution < -0.4 is 10.6 Å². The van der Waals surface area contributed by atoms with Crippen molar-refractivity contribution in [2.45, 2.75) is 44.6 Å². The summed E-state index contributed by atoms with van der Waals surface area (Å²) >= 11 is 1.37. The van der Waals surface area contributed by atoms with Crippen LogP contribution in [0.15, 0.2) is 5.38 Å². The van der Waals surface area contributed by atoms with Crippen molar-refractivity contribution >= 4 is 28.4 Å². The third kappa shape index (κ3) is 5.40. The van der Waals surface area contributed by atoms with Gasteiger partial charge < -0.3 is 15.1 Å². The van der Waals surface area contributed by atoms with Gasteiger partial charge in [0.15, 0.2) is 5.13 Å². The average Bonchev–Trinajstić information content (AvgIpc) is 3.03. The molecule has 25 heavy (non-hydrogen) atoms. The van der Waals surface area contributed by atoms with Gasteiger partial charge in [0.2, 0.25) is 5.91 Å². The standard InChI is InChI=1S/C17H27N5O2S/c1-21-7-9-22(10-8-21)17(24)20-16-19-14(12-25-16)11-15(23)18-13-5-3-2-4-6-13/h12-13H,2-11H2,1H3,(H,18,23)(H,19,20,24). The van der Waals surface area contributed by atoms with Crippen molar-refractivity contribution < 1.29 is 9.59 Å². The third-order valence-corrected chi connectivity index (χ3v) is 5.67. The summed E-state index contributed by atoms with van der Waals surface area (Å²) in [6.45, 7) is 3.23. The van der Waals surface area contributed by atoms with Gasteiger partial charge in [-0.1, -0.05) is 19.3 Å². The molecule has 7 nitrogen and oxygen atoms in total. The van der Waals surface area contributed by atoms with E-state index in [0.717, 1.165) is 39.0 Å². The molecule has 0 unspecified atom stereocenters. The van der Waals surface area contributed by atoms with Gasteiger partial charge in [-0.3, -0.25) is 10.1 Å². The maximum Gasteiger partial charge on any atom is 0.323 e. The highest BCUT2D eigenvalue weighted by Gasteiger charge is 2.20. The van der Waals surface area contributed by atoms with Gasteiger partial charge in [-0.2, -0.15) is 0 Å². The fraction of sp³-hybridized carbons (Fsp3) is 0.706. The molecule has 0 aromatic carbocycles. The minimum atomic E-state index is -0.111. The molecule has 1 aromatic rings. The van der Waals surface area contributed by atoms with Crippen LogP contribution in [0.1, 0.15) is 37.8 Å². The number of nitrogens with one attached hydrogen (secondary N) is 2. The second-order valence-electron chi connectivity index (χ2n) is 6.94. The summed E-state index contributed by atoms with van der Waals surface area (Å²) in [5, 5.41) is 8.35. The Morgan fingerprint density at radius 2 is 1.92 bits per heavy atom. The summed E-state index contributed by atoms with van der Waals surface area (Å²) in [5.41, 5.74) is 0.715. The van der Waals surface area contributed by atoms with Crippen LogP contribution in [0.5, 0.6) is 0 Å². The quantitative estimate of drug-likeness (QED) is 0.854. The molecule has 1 saturated carbocycles. The number of anilines is 1. The molecule has 1 aromatic heterocycles. The Bertz CT molecular complexity index is 592. The van der Waals surface area contributed by atoms with Crippen LogP contribution in [0.4, 0.5) is 9.93 Å². The number of aromatic nitrogens is 1. The number of nitrogens with zero attached hydrogens (tertiary/aromatic N) is 3. The average molecular weight is 366 g/mol. The molecular weight excluding hydrogens is 338 g/mol. The highest BCUT2D eigenvalue weighted by atomic mass is 32.1. The minimum Gasteiger partial charge on any atom is -0.353 e. The summed E-state index contributed by atoms with van der Waals surface area (Å²) in [6, 6.07) is 0.206. The van der Waals surface area contributed by atoms with E-state index in [-0.39, 0.29) is 18.4 Å². The van der Waals surface area contributed by atoms with Crippen LogP contribution in [0, 0.1) is 0 Å². The third-order valence-electron chi connectivity index (χ3n) is 4.87. The maximum absolute atomic E-state index is 12.3. The van der Waals surface area contributed by atoms with E-state index < -0.39 is 0 Å². The van der Waals surface area contributed by atoms with Gasteiger partial charge >= 0.3 is 6.03 Å². The summed E-state index contributed by atoms with van der Waals surface area (Å²) in [4.78, 5) is 32.8. The maximum atomic E-state index is 12.3. The molecular formula is C17H27N5O2S. The fourth-order valence-electron chi connectivity index (χ4n) is 3.32. The smallest absolute Gasteiger partial charge is 0.323 e. The number of hydrogen-bond donors (Lipinski definition) is 2. The Morgan fingerprint density at radius 1 is 1.20 bits per heavy atom. The largest absolute Gasteiger partial charge is 0.353 e. The summed E-state index contributed by atoms with van der Waals surface area (Å²) in [5.74, 6) is 0.0224. The van der Waals surface area contributed by atoms with Crippen molar-refractivity contribution in [2.24, 2.45) is 0 Å². The second-order valence-corrected chi connectivity index (χ2v) is 7.80. The highest BCUT2D eigenvalue weighted by Crippen LogP contribution is 2.19. The molecule has 3 rings (SSSR count). The summed E-state index contributed by atoms with van der Waals surface area (Å²) < 4.78 is 0. The first-order valence-electron chi connectivity index (χ1n) is 9.08. The lowest BCUT2D eigenvalue weighted by molar-refractivity contribution is -0.121. The van der Waals surface area contributed by atoms with Crippen LogP contribution in [0.25, 0.3) is 0 Å². The van der Waals surface area contributed by atoms with Gasteiger partial charge in [-0.05, 0) is 19.9 Å². The van der Waals surface area contributed by atoms with Crippen LogP contribution in [-0.2, 0) is 11.2 Å². The lowest BCUT2D eigenvalue weighted by Gasteiger charge is -2.32. The molecule has 1 aliphatic carbocycles. The Kier molecular flexibility index (Phi) is 6.25. The van der Waals surface area contributed by atoms with Gasteiger partial charge in [0.05, 0.1) is 12.1 Å². The van der Waals surface area contributed by atoms with Crippen molar-refractivity contribution in [2.75, 3.05) is 38.5 Å². The Hall–Kier alpha value is -1.67. The van der Waals surface area contributed by atoms with Gasteiger partial charge in [-0.25, -0.2) is 9.78 Å². The first-order valence-corrected chi connectivity index (χ1v) is 9.96. The van der Waals surface area contributed by atoms with E-state index in [2.05, 4.69) is 27.6 Å². The molecule has 138 valence electrons. The zero-order valence-corrected chi connectivity index (χ0v) is 15.6. The Labute approximate surface area is 152 Å². The van der Waals surface area contributed by atoms with E-state index >= 15 is 0 Å². The molecule has 0 atom stereocenters. The number of carbonyl (C=O) groups is 2. The van der Waals surface area contributed by atoms with Crippen molar-refractivity contribution in [3.63, 3.8) is 0 Å². The van der Waals surface area contributed by atoms with Crippen LogP contribution in [-0.4, -0.2) is 66.0 Å². The first kappa shape index (κ1) is 18.1. The number of piperazine rings is 1. The molecule has 1 aliphatic heterocycles. The zero-order valence-electron chi connectivity index (χ0n) is 14.8. The summed E-state index contributed by atoms with van der Waals surface area (Å²) in [7, 11) is 2.06. The second kappa shape index (κ2) is 8.62. The van der Waals surface area contributed by atoms with E-state index in [1.54, 1.807) is 4.90 Å². The predicted molar refractivity (Wildman–Crippen MR) is 98.9 cm³/mol. The van der Waals surface area contributed by atoms with Crippen LogP contribution in [0.3, 0.4) is 0 Å². The molecule has 1 saturated heterocycles. The molecule has 2 aliphatic rings. The molecule has 2 heterocycles. The normalized spacial score (nSPS) is 19.6. The molecule has 3 amide bonds. The number of carbonyl (C=O) groups excluding carboxylic acids is 2. The topological polar surface area (TPSA) is 77.6 Å². The van der Waals surface area contributed by atoms with E-state index in [1.165, 1.54) is 30.6 Å². The zero-order chi connectivity index (χ0) is 17.6. The summed E-state index contributed by atoms with van der Waals surface area (Å²) in [6.07, 6.45) is 6.10. The number of urea groups is 1. The molecule has 0 radical (unpaired) electrons. The number of hydrogen-bond acceptors (Lipinski definition) is 5. The Morgan fingerprint density at radius 3 is 2.64 bits per heavy atom. The number of likely N-dealkylation sites (N-methyl/N-ethyl adjacent to an activating group) is 1. The van der Waals surface area contributed by atoms with E-state index in [1.807, 2.05) is 5.38 Å². The van der Waals surface area contributed by atoms with Gasteiger partial charge in [0, 0.05) is 37.6 Å².